The van der Waals surface area contributed by atoms with Gasteiger partial charge in [-0.05, 0) is 37.1 Å². The minimum Gasteiger partial charge on any atom is -0.397 e. The molecule has 0 fully saturated rings. The summed E-state index contributed by atoms with van der Waals surface area (Å²) in [4.78, 5) is 6.28. The third-order valence-corrected chi connectivity index (χ3v) is 6.50. The Kier molecular flexibility index (Phi) is 4.65. The molecule has 0 aliphatic heterocycles. The van der Waals surface area contributed by atoms with Gasteiger partial charge in [-0.2, -0.15) is 0 Å². The van der Waals surface area contributed by atoms with Crippen molar-refractivity contribution in [3.8, 4) is 10.7 Å². The van der Waals surface area contributed by atoms with Gasteiger partial charge in [0.1, 0.15) is 4.83 Å². The van der Waals surface area contributed by atoms with E-state index in [2.05, 4.69) is 57.9 Å². The monoisotopic (exact) mass is 381 g/mol. The van der Waals surface area contributed by atoms with E-state index in [0.717, 1.165) is 44.1 Å². The number of fused-ring (bicyclic) bond motifs is 1. The molecule has 5 nitrogen and oxygen atoms in total. The fourth-order valence-corrected chi connectivity index (χ4v) is 5.02. The van der Waals surface area contributed by atoms with Crippen LogP contribution in [-0.4, -0.2) is 19.7 Å². The number of hydrogen-bond donors (Lipinski definition) is 1. The number of anilines is 1. The second-order valence-corrected chi connectivity index (χ2v) is 7.91. The second-order valence-electron chi connectivity index (χ2n) is 5.97. The summed E-state index contributed by atoms with van der Waals surface area (Å²) in [6, 6.07) is 12.3. The van der Waals surface area contributed by atoms with E-state index >= 15 is 0 Å². The minimum absolute atomic E-state index is 0.732. The molecule has 4 rings (SSSR count). The van der Waals surface area contributed by atoms with Crippen LogP contribution in [0, 0.1) is 6.92 Å². The molecule has 0 saturated carbocycles. The van der Waals surface area contributed by atoms with Gasteiger partial charge in [0, 0.05) is 23.9 Å². The van der Waals surface area contributed by atoms with Crippen molar-refractivity contribution in [1.29, 1.82) is 0 Å². The fourth-order valence-electron chi connectivity index (χ4n) is 2.88. The molecule has 0 aliphatic rings. The predicted octanol–water partition coefficient (Wildman–Crippen LogP) is 4.76. The lowest BCUT2D eigenvalue weighted by molar-refractivity contribution is 0.688. The standard InChI is InChI=1S/C19H19N5S2/c1-3-24-17(16-15(20)14-9-6-10-21-18(14)26-16)22-23-19(24)25-11-13-8-5-4-7-12(13)2/h4-10H,3,11,20H2,1-2H3. The highest BCUT2D eigenvalue weighted by atomic mass is 32.2. The summed E-state index contributed by atoms with van der Waals surface area (Å²) in [5.74, 6) is 1.69. The topological polar surface area (TPSA) is 69.6 Å². The van der Waals surface area contributed by atoms with Crippen molar-refractivity contribution in [3.63, 3.8) is 0 Å². The molecule has 0 aliphatic carbocycles. The average Bonchev–Trinajstić information content (AvgIpc) is 3.22. The van der Waals surface area contributed by atoms with Crippen LogP contribution in [0.5, 0.6) is 0 Å². The molecule has 0 unspecified atom stereocenters. The highest BCUT2D eigenvalue weighted by molar-refractivity contribution is 7.98. The molecule has 1 aromatic carbocycles. The zero-order valence-corrected chi connectivity index (χ0v) is 16.3. The largest absolute Gasteiger partial charge is 0.397 e. The number of aryl methyl sites for hydroxylation is 1. The number of aromatic nitrogens is 4. The molecule has 0 atom stereocenters. The number of thioether (sulfide) groups is 1. The van der Waals surface area contributed by atoms with Crippen molar-refractivity contribution in [1.82, 2.24) is 19.7 Å². The molecule has 132 valence electrons. The molecule has 0 bridgehead atoms. The second kappa shape index (κ2) is 7.09. The number of nitrogen functional groups attached to an aromatic ring is 1. The van der Waals surface area contributed by atoms with Gasteiger partial charge in [-0.1, -0.05) is 36.0 Å². The Hall–Kier alpha value is -2.38. The fraction of sp³-hybridized carbons (Fsp3) is 0.211. The van der Waals surface area contributed by atoms with Crippen molar-refractivity contribution in [2.45, 2.75) is 31.3 Å². The van der Waals surface area contributed by atoms with Gasteiger partial charge < -0.3 is 10.3 Å². The third kappa shape index (κ3) is 2.97. The van der Waals surface area contributed by atoms with Crippen LogP contribution in [0.3, 0.4) is 0 Å². The van der Waals surface area contributed by atoms with E-state index in [-0.39, 0.29) is 0 Å². The number of nitrogens with zero attached hydrogens (tertiary/aromatic N) is 4. The maximum atomic E-state index is 6.37. The summed E-state index contributed by atoms with van der Waals surface area (Å²) >= 11 is 3.27. The van der Waals surface area contributed by atoms with E-state index in [1.165, 1.54) is 11.1 Å². The molecule has 0 spiro atoms. The predicted molar refractivity (Wildman–Crippen MR) is 109 cm³/mol. The van der Waals surface area contributed by atoms with Crippen molar-refractivity contribution in [2.24, 2.45) is 0 Å². The van der Waals surface area contributed by atoms with Gasteiger partial charge >= 0.3 is 0 Å². The van der Waals surface area contributed by atoms with Crippen LogP contribution >= 0.6 is 23.1 Å². The lowest BCUT2D eigenvalue weighted by atomic mass is 10.1. The Morgan fingerprint density at radius 1 is 1.15 bits per heavy atom. The van der Waals surface area contributed by atoms with E-state index < -0.39 is 0 Å². The molecule has 3 heterocycles. The number of nitrogens with two attached hydrogens (primary N) is 1. The summed E-state index contributed by atoms with van der Waals surface area (Å²) in [6.07, 6.45) is 1.79. The van der Waals surface area contributed by atoms with Crippen molar-refractivity contribution >= 4 is 39.0 Å². The molecular weight excluding hydrogens is 362 g/mol. The Morgan fingerprint density at radius 2 is 2.00 bits per heavy atom. The number of hydrogen-bond acceptors (Lipinski definition) is 6. The maximum Gasteiger partial charge on any atom is 0.191 e. The van der Waals surface area contributed by atoms with E-state index in [1.807, 2.05) is 12.1 Å². The van der Waals surface area contributed by atoms with Gasteiger partial charge in [0.2, 0.25) is 0 Å². The van der Waals surface area contributed by atoms with Crippen LogP contribution in [0.15, 0.2) is 47.8 Å². The first-order chi connectivity index (χ1) is 12.7. The quantitative estimate of drug-likeness (QED) is 0.505. The molecule has 2 N–H and O–H groups in total. The van der Waals surface area contributed by atoms with Crippen LogP contribution in [-0.2, 0) is 12.3 Å². The summed E-state index contributed by atoms with van der Waals surface area (Å²) in [6.45, 7) is 5.03. The maximum absolute atomic E-state index is 6.37. The van der Waals surface area contributed by atoms with Crippen molar-refractivity contribution < 1.29 is 0 Å². The van der Waals surface area contributed by atoms with Gasteiger partial charge in [-0.25, -0.2) is 4.98 Å². The summed E-state index contributed by atoms with van der Waals surface area (Å²) in [5.41, 5.74) is 9.71. The molecule has 3 aromatic heterocycles. The smallest absolute Gasteiger partial charge is 0.191 e. The molecule has 0 saturated heterocycles. The zero-order valence-electron chi connectivity index (χ0n) is 14.6. The molecule has 26 heavy (non-hydrogen) atoms. The Balaban J connectivity index is 1.68. The first kappa shape index (κ1) is 17.1. The summed E-state index contributed by atoms with van der Waals surface area (Å²) in [5, 5.41) is 10.8. The van der Waals surface area contributed by atoms with Crippen LogP contribution < -0.4 is 5.73 Å². The molecular formula is C19H19N5S2. The Morgan fingerprint density at radius 3 is 2.77 bits per heavy atom. The van der Waals surface area contributed by atoms with Crippen LogP contribution in [0.4, 0.5) is 5.69 Å². The number of pyridine rings is 1. The van der Waals surface area contributed by atoms with E-state index in [0.29, 0.717) is 0 Å². The summed E-state index contributed by atoms with van der Waals surface area (Å²) in [7, 11) is 0. The van der Waals surface area contributed by atoms with Crippen LogP contribution in [0.2, 0.25) is 0 Å². The average molecular weight is 382 g/mol. The zero-order chi connectivity index (χ0) is 18.1. The van der Waals surface area contributed by atoms with Gasteiger partial charge in [-0.15, -0.1) is 21.5 Å². The van der Waals surface area contributed by atoms with Gasteiger partial charge in [0.05, 0.1) is 10.6 Å². The first-order valence-corrected chi connectivity index (χ1v) is 10.2. The Labute approximate surface area is 160 Å². The Bertz CT molecular complexity index is 1070. The molecule has 0 radical (unpaired) electrons. The number of benzene rings is 1. The number of thiophene rings is 1. The van der Waals surface area contributed by atoms with E-state index in [1.54, 1.807) is 29.3 Å². The number of rotatable bonds is 5. The van der Waals surface area contributed by atoms with Crippen molar-refractivity contribution in [2.75, 3.05) is 5.73 Å². The van der Waals surface area contributed by atoms with Gasteiger partial charge in [0.25, 0.3) is 0 Å². The SMILES string of the molecule is CCn1c(SCc2ccccc2C)nnc1-c1sc2ncccc2c1N. The minimum atomic E-state index is 0.732. The lowest BCUT2D eigenvalue weighted by Crippen LogP contribution is -2.00. The van der Waals surface area contributed by atoms with Crippen molar-refractivity contribution in [3.05, 3.63) is 53.7 Å². The lowest BCUT2D eigenvalue weighted by Gasteiger charge is -2.08. The van der Waals surface area contributed by atoms with Gasteiger partial charge in [0.15, 0.2) is 11.0 Å². The molecule has 4 aromatic rings. The highest BCUT2D eigenvalue weighted by Crippen LogP contribution is 2.40. The summed E-state index contributed by atoms with van der Waals surface area (Å²) < 4.78 is 2.13. The van der Waals surface area contributed by atoms with E-state index in [9.17, 15) is 0 Å². The highest BCUT2D eigenvalue weighted by Gasteiger charge is 2.19. The van der Waals surface area contributed by atoms with Crippen LogP contribution in [0.25, 0.3) is 20.9 Å². The first-order valence-electron chi connectivity index (χ1n) is 8.43. The van der Waals surface area contributed by atoms with Crippen LogP contribution in [0.1, 0.15) is 18.1 Å². The normalized spacial score (nSPS) is 11.3. The molecule has 7 heteroatoms. The van der Waals surface area contributed by atoms with Gasteiger partial charge in [-0.3, -0.25) is 0 Å². The van der Waals surface area contributed by atoms with E-state index in [4.69, 9.17) is 5.73 Å². The molecule has 0 amide bonds. The third-order valence-electron chi connectivity index (χ3n) is 4.36.